The van der Waals surface area contributed by atoms with Crippen LogP contribution in [-0.4, -0.2) is 50.1 Å². The van der Waals surface area contributed by atoms with Crippen molar-refractivity contribution in [1.82, 2.24) is 4.90 Å². The lowest BCUT2D eigenvalue weighted by molar-refractivity contribution is -0.114. The third-order valence-electron chi connectivity index (χ3n) is 4.51. The second-order valence-corrected chi connectivity index (χ2v) is 6.66. The third kappa shape index (κ3) is 4.86. The summed E-state index contributed by atoms with van der Waals surface area (Å²) in [5.41, 5.74) is 3.22. The van der Waals surface area contributed by atoms with Gasteiger partial charge in [-0.2, -0.15) is 0 Å². The number of rotatable bonds is 5. The number of benzene rings is 2. The molecule has 27 heavy (non-hydrogen) atoms. The van der Waals surface area contributed by atoms with Crippen LogP contribution < -0.4 is 10.2 Å². The molecule has 0 atom stereocenters. The van der Waals surface area contributed by atoms with Gasteiger partial charge in [0.2, 0.25) is 5.91 Å². The van der Waals surface area contributed by atoms with Gasteiger partial charge < -0.3 is 19.9 Å². The number of morpholine rings is 1. The fraction of sp³-hybridized carbons (Fsp3) is 0.333. The molecule has 6 heteroatoms. The van der Waals surface area contributed by atoms with Crippen LogP contribution in [0.5, 0.6) is 0 Å². The summed E-state index contributed by atoms with van der Waals surface area (Å²) in [5, 5.41) is 2.80. The van der Waals surface area contributed by atoms with Crippen LogP contribution in [0.3, 0.4) is 0 Å². The summed E-state index contributed by atoms with van der Waals surface area (Å²) in [7, 11) is 1.81. The highest BCUT2D eigenvalue weighted by molar-refractivity contribution is 6.01. The number of ether oxygens (including phenoxy) is 1. The van der Waals surface area contributed by atoms with Crippen molar-refractivity contribution in [3.05, 3.63) is 59.7 Å². The maximum atomic E-state index is 13.1. The van der Waals surface area contributed by atoms with Gasteiger partial charge in [-0.15, -0.1) is 0 Å². The van der Waals surface area contributed by atoms with Crippen LogP contribution in [0.25, 0.3) is 0 Å². The Kier molecular flexibility index (Phi) is 6.08. The first-order chi connectivity index (χ1) is 13.0. The van der Waals surface area contributed by atoms with Crippen molar-refractivity contribution in [2.45, 2.75) is 13.5 Å². The summed E-state index contributed by atoms with van der Waals surface area (Å²) in [6.07, 6.45) is 0. The van der Waals surface area contributed by atoms with Crippen molar-refractivity contribution in [2.24, 2.45) is 0 Å². The van der Waals surface area contributed by atoms with E-state index in [1.54, 1.807) is 24.1 Å². The van der Waals surface area contributed by atoms with Crippen LogP contribution in [0.4, 0.5) is 11.4 Å². The lowest BCUT2D eigenvalue weighted by Gasteiger charge is -2.31. The highest BCUT2D eigenvalue weighted by atomic mass is 16.5. The van der Waals surface area contributed by atoms with Gasteiger partial charge in [-0.3, -0.25) is 9.59 Å². The molecule has 0 unspecified atom stereocenters. The van der Waals surface area contributed by atoms with Crippen molar-refractivity contribution in [3.8, 4) is 0 Å². The van der Waals surface area contributed by atoms with E-state index in [9.17, 15) is 9.59 Å². The maximum Gasteiger partial charge on any atom is 0.256 e. The van der Waals surface area contributed by atoms with Crippen LogP contribution in [0, 0.1) is 0 Å². The standard InChI is InChI=1S/C21H25N3O3/c1-16(25)22-18-8-9-19(20(14-18)24-10-12-27-13-11-24)21(26)23(2)15-17-6-4-3-5-7-17/h3-9,14H,10-13,15H2,1-2H3,(H,22,25). The minimum absolute atomic E-state index is 0.0466. The molecule has 2 aromatic rings. The Morgan fingerprint density at radius 3 is 2.48 bits per heavy atom. The molecule has 1 aliphatic heterocycles. The van der Waals surface area contributed by atoms with Gasteiger partial charge in [0.15, 0.2) is 0 Å². The molecule has 6 nitrogen and oxygen atoms in total. The topological polar surface area (TPSA) is 61.9 Å². The summed E-state index contributed by atoms with van der Waals surface area (Å²) in [4.78, 5) is 28.4. The lowest BCUT2D eigenvalue weighted by atomic mass is 10.1. The second kappa shape index (κ2) is 8.68. The van der Waals surface area contributed by atoms with Gasteiger partial charge in [0.1, 0.15) is 0 Å². The van der Waals surface area contributed by atoms with Gasteiger partial charge in [0.05, 0.1) is 24.5 Å². The van der Waals surface area contributed by atoms with Crippen molar-refractivity contribution in [3.63, 3.8) is 0 Å². The SMILES string of the molecule is CC(=O)Nc1ccc(C(=O)N(C)Cc2ccccc2)c(N2CCOCC2)c1. The number of hydrogen-bond donors (Lipinski definition) is 1. The third-order valence-corrected chi connectivity index (χ3v) is 4.51. The number of amides is 2. The van der Waals surface area contributed by atoms with Crippen molar-refractivity contribution in [1.29, 1.82) is 0 Å². The lowest BCUT2D eigenvalue weighted by Crippen LogP contribution is -2.38. The second-order valence-electron chi connectivity index (χ2n) is 6.66. The number of nitrogens with one attached hydrogen (secondary N) is 1. The van der Waals surface area contributed by atoms with Crippen LogP contribution in [0.15, 0.2) is 48.5 Å². The largest absolute Gasteiger partial charge is 0.378 e. The summed E-state index contributed by atoms with van der Waals surface area (Å²) in [6.45, 7) is 4.69. The fourth-order valence-corrected chi connectivity index (χ4v) is 3.19. The summed E-state index contributed by atoms with van der Waals surface area (Å²) in [5.74, 6) is -0.182. The zero-order valence-electron chi connectivity index (χ0n) is 15.8. The predicted octanol–water partition coefficient (Wildman–Crippen LogP) is 2.75. The molecule has 142 valence electrons. The quantitative estimate of drug-likeness (QED) is 0.883. The highest BCUT2D eigenvalue weighted by Crippen LogP contribution is 2.27. The molecule has 0 bridgehead atoms. The maximum absolute atomic E-state index is 13.1. The molecular formula is C21H25N3O3. The fourth-order valence-electron chi connectivity index (χ4n) is 3.19. The Balaban J connectivity index is 1.87. The van der Waals surface area contributed by atoms with Gasteiger partial charge in [0.25, 0.3) is 5.91 Å². The first-order valence-corrected chi connectivity index (χ1v) is 9.08. The molecule has 0 aliphatic carbocycles. The molecule has 0 saturated carbocycles. The zero-order chi connectivity index (χ0) is 19.2. The first kappa shape index (κ1) is 18.9. The van der Waals surface area contributed by atoms with Crippen LogP contribution in [0.2, 0.25) is 0 Å². The first-order valence-electron chi connectivity index (χ1n) is 9.08. The van der Waals surface area contributed by atoms with Crippen LogP contribution >= 0.6 is 0 Å². The molecule has 1 N–H and O–H groups in total. The number of nitrogens with zero attached hydrogens (tertiary/aromatic N) is 2. The van der Waals surface area contributed by atoms with Crippen molar-refractivity contribution in [2.75, 3.05) is 43.6 Å². The predicted molar refractivity (Wildman–Crippen MR) is 106 cm³/mol. The van der Waals surface area contributed by atoms with Gasteiger partial charge in [-0.05, 0) is 23.8 Å². The summed E-state index contributed by atoms with van der Waals surface area (Å²) < 4.78 is 5.44. The average Bonchev–Trinajstić information content (AvgIpc) is 2.68. The smallest absolute Gasteiger partial charge is 0.256 e. The molecule has 1 aliphatic rings. The number of carbonyl (C=O) groups is 2. The van der Waals surface area contributed by atoms with E-state index in [4.69, 9.17) is 4.74 Å². The van der Waals surface area contributed by atoms with E-state index in [-0.39, 0.29) is 11.8 Å². The minimum Gasteiger partial charge on any atom is -0.378 e. The monoisotopic (exact) mass is 367 g/mol. The Bertz CT molecular complexity index is 802. The zero-order valence-corrected chi connectivity index (χ0v) is 15.8. The Hall–Kier alpha value is -2.86. The molecule has 1 saturated heterocycles. The Morgan fingerprint density at radius 1 is 1.11 bits per heavy atom. The summed E-state index contributed by atoms with van der Waals surface area (Å²) in [6, 6.07) is 15.3. The molecular weight excluding hydrogens is 342 g/mol. The normalized spacial score (nSPS) is 13.9. The van der Waals surface area contributed by atoms with Gasteiger partial charge in [-0.25, -0.2) is 0 Å². The molecule has 1 fully saturated rings. The molecule has 0 spiro atoms. The van der Waals surface area contributed by atoms with E-state index in [1.165, 1.54) is 6.92 Å². The van der Waals surface area contributed by atoms with Gasteiger partial charge in [-0.1, -0.05) is 30.3 Å². The van der Waals surface area contributed by atoms with Gasteiger partial charge >= 0.3 is 0 Å². The van der Waals surface area contributed by atoms with Crippen molar-refractivity contribution >= 4 is 23.2 Å². The van der Waals surface area contributed by atoms with Crippen molar-refractivity contribution < 1.29 is 14.3 Å². The summed E-state index contributed by atoms with van der Waals surface area (Å²) >= 11 is 0. The van der Waals surface area contributed by atoms with E-state index < -0.39 is 0 Å². The average molecular weight is 367 g/mol. The molecule has 2 aromatic carbocycles. The Labute approximate surface area is 159 Å². The Morgan fingerprint density at radius 2 is 1.81 bits per heavy atom. The molecule has 2 amide bonds. The van der Waals surface area contributed by atoms with E-state index in [1.807, 2.05) is 36.4 Å². The van der Waals surface area contributed by atoms with E-state index in [2.05, 4.69) is 10.2 Å². The molecule has 3 rings (SSSR count). The van der Waals surface area contributed by atoms with E-state index in [0.29, 0.717) is 44.1 Å². The molecule has 1 heterocycles. The highest BCUT2D eigenvalue weighted by Gasteiger charge is 2.22. The minimum atomic E-state index is -0.136. The number of hydrogen-bond acceptors (Lipinski definition) is 4. The van der Waals surface area contributed by atoms with Crippen LogP contribution in [-0.2, 0) is 16.1 Å². The number of anilines is 2. The van der Waals surface area contributed by atoms with Gasteiger partial charge in [0, 0.05) is 39.3 Å². The van der Waals surface area contributed by atoms with E-state index >= 15 is 0 Å². The molecule has 0 radical (unpaired) electrons. The van der Waals surface area contributed by atoms with E-state index in [0.717, 1.165) is 11.3 Å². The number of carbonyl (C=O) groups excluding carboxylic acids is 2. The van der Waals surface area contributed by atoms with Crippen LogP contribution in [0.1, 0.15) is 22.8 Å². The molecule has 0 aromatic heterocycles.